The highest BCUT2D eigenvalue weighted by Crippen LogP contribution is 2.17. The number of hydrogen-bond acceptors (Lipinski definition) is 6. The van der Waals surface area contributed by atoms with E-state index < -0.39 is 6.10 Å². The van der Waals surface area contributed by atoms with Crippen molar-refractivity contribution in [3.63, 3.8) is 0 Å². The van der Waals surface area contributed by atoms with E-state index in [1.54, 1.807) is 0 Å². The van der Waals surface area contributed by atoms with Gasteiger partial charge in [-0.15, -0.1) is 0 Å². The molecule has 0 amide bonds. The van der Waals surface area contributed by atoms with Crippen molar-refractivity contribution < 1.29 is 28.6 Å². The maximum Gasteiger partial charge on any atom is 0.306 e. The van der Waals surface area contributed by atoms with E-state index in [0.29, 0.717) is 19.3 Å². The number of rotatable bonds is 59. The van der Waals surface area contributed by atoms with E-state index in [-0.39, 0.29) is 31.1 Å². The molecule has 73 heavy (non-hydrogen) atoms. The van der Waals surface area contributed by atoms with Crippen molar-refractivity contribution in [2.45, 2.75) is 348 Å². The van der Waals surface area contributed by atoms with E-state index in [9.17, 15) is 14.4 Å². The van der Waals surface area contributed by atoms with E-state index in [2.05, 4.69) is 69.4 Å². The quantitative estimate of drug-likeness (QED) is 0.0261. The van der Waals surface area contributed by atoms with Crippen molar-refractivity contribution in [1.82, 2.24) is 0 Å². The fourth-order valence-electron chi connectivity index (χ4n) is 9.39. The molecule has 0 aromatic rings. The molecule has 0 heterocycles. The van der Waals surface area contributed by atoms with Gasteiger partial charge < -0.3 is 14.2 Å². The van der Waals surface area contributed by atoms with Gasteiger partial charge in [0.2, 0.25) is 0 Å². The molecule has 0 N–H and O–H groups in total. The molecular weight excluding hydrogens is 901 g/mol. The third-order valence-electron chi connectivity index (χ3n) is 14.3. The average Bonchev–Trinajstić information content (AvgIpc) is 3.39. The molecule has 0 saturated carbocycles. The smallest absolute Gasteiger partial charge is 0.306 e. The molecule has 1 atom stereocenters. The number of hydrogen-bond donors (Lipinski definition) is 0. The first-order valence-electron chi connectivity index (χ1n) is 32.1. The van der Waals surface area contributed by atoms with Crippen LogP contribution in [0.3, 0.4) is 0 Å². The van der Waals surface area contributed by atoms with E-state index in [1.807, 2.05) is 0 Å². The predicted octanol–water partition coefficient (Wildman–Crippen LogP) is 21.8. The monoisotopic (exact) mass is 1020 g/mol. The molecule has 0 aliphatic carbocycles. The Hall–Kier alpha value is -2.63. The summed E-state index contributed by atoms with van der Waals surface area (Å²) in [6, 6.07) is 0. The lowest BCUT2D eigenvalue weighted by molar-refractivity contribution is -0.167. The summed E-state index contributed by atoms with van der Waals surface area (Å²) < 4.78 is 16.9. The summed E-state index contributed by atoms with van der Waals surface area (Å²) in [6.45, 7) is 6.63. The first-order chi connectivity index (χ1) is 36.0. The molecule has 0 rings (SSSR count). The molecule has 0 aliphatic heterocycles. The minimum atomic E-state index is -0.781. The molecule has 6 heteroatoms. The van der Waals surface area contributed by atoms with Crippen LogP contribution in [0.4, 0.5) is 0 Å². The van der Waals surface area contributed by atoms with Gasteiger partial charge in [0.1, 0.15) is 13.2 Å². The topological polar surface area (TPSA) is 78.9 Å². The van der Waals surface area contributed by atoms with Crippen LogP contribution in [0, 0.1) is 0 Å². The number of esters is 3. The standard InChI is InChI=1S/C67H122O6/c1-4-7-10-13-16-19-22-25-28-30-32-33-34-35-36-38-39-42-45-48-51-54-57-60-66(69)72-63-64(62-71-65(68)59-56-53-50-47-44-41-27-24-21-18-15-12-9-6-3)73-67(70)61-58-55-52-49-46-43-40-37-31-29-26-23-20-17-14-11-8-5-2/h15,18,24,27,29-32,64H,4-14,16-17,19-23,25-26,28,33-63H2,1-3H3/b18-15-,27-24-,31-29-,32-30-. The van der Waals surface area contributed by atoms with Gasteiger partial charge in [-0.3, -0.25) is 14.4 Å². The highest BCUT2D eigenvalue weighted by Gasteiger charge is 2.19. The molecule has 0 spiro atoms. The van der Waals surface area contributed by atoms with Crippen LogP contribution in [-0.4, -0.2) is 37.2 Å². The van der Waals surface area contributed by atoms with Gasteiger partial charge in [0.25, 0.3) is 0 Å². The van der Waals surface area contributed by atoms with Crippen LogP contribution in [0.2, 0.25) is 0 Å². The minimum Gasteiger partial charge on any atom is -0.462 e. The summed E-state index contributed by atoms with van der Waals surface area (Å²) in [4.78, 5) is 38.3. The number of allylic oxidation sites excluding steroid dienone is 8. The van der Waals surface area contributed by atoms with E-state index in [1.165, 1.54) is 225 Å². The van der Waals surface area contributed by atoms with Crippen molar-refractivity contribution in [2.75, 3.05) is 13.2 Å². The minimum absolute atomic E-state index is 0.0776. The van der Waals surface area contributed by atoms with Crippen LogP contribution >= 0.6 is 0 Å². The van der Waals surface area contributed by atoms with E-state index in [4.69, 9.17) is 14.2 Å². The number of carbonyl (C=O) groups excluding carboxylic acids is 3. The summed E-state index contributed by atoms with van der Waals surface area (Å²) in [5, 5.41) is 0. The molecule has 426 valence electrons. The van der Waals surface area contributed by atoms with Gasteiger partial charge in [-0.25, -0.2) is 0 Å². The lowest BCUT2D eigenvalue weighted by Crippen LogP contribution is -2.30. The normalized spacial score (nSPS) is 12.3. The summed E-state index contributed by atoms with van der Waals surface area (Å²) in [6.07, 6.45) is 76.9. The SMILES string of the molecule is CCCC/C=C\C/C=C\CCCCCCCC(=O)OCC(COC(=O)CCCCCCCCCCCCC/C=C\CCCCCCCCCC)OC(=O)CCCCCCCCC/C=C\CCCCCCCCC. The lowest BCUT2D eigenvalue weighted by atomic mass is 10.0. The predicted molar refractivity (Wildman–Crippen MR) is 316 cm³/mol. The highest BCUT2D eigenvalue weighted by atomic mass is 16.6. The number of ether oxygens (including phenoxy) is 3. The molecule has 0 aromatic heterocycles. The molecule has 1 unspecified atom stereocenters. The van der Waals surface area contributed by atoms with Crippen LogP contribution < -0.4 is 0 Å². The molecule has 0 fully saturated rings. The maximum absolute atomic E-state index is 12.9. The van der Waals surface area contributed by atoms with Crippen LogP contribution in [0.5, 0.6) is 0 Å². The van der Waals surface area contributed by atoms with Gasteiger partial charge in [-0.05, 0) is 96.3 Å². The Labute approximate surface area is 454 Å². The van der Waals surface area contributed by atoms with Crippen molar-refractivity contribution in [1.29, 1.82) is 0 Å². The molecule has 0 bridgehead atoms. The Balaban J connectivity index is 4.31. The zero-order valence-corrected chi connectivity index (χ0v) is 48.9. The largest absolute Gasteiger partial charge is 0.462 e. The Morgan fingerprint density at radius 1 is 0.274 bits per heavy atom. The third kappa shape index (κ3) is 60.1. The zero-order chi connectivity index (χ0) is 52.9. The molecular formula is C67H122O6. The van der Waals surface area contributed by atoms with E-state index >= 15 is 0 Å². The van der Waals surface area contributed by atoms with Crippen molar-refractivity contribution in [3.8, 4) is 0 Å². The Morgan fingerprint density at radius 2 is 0.507 bits per heavy atom. The summed E-state index contributed by atoms with van der Waals surface area (Å²) >= 11 is 0. The second-order valence-corrected chi connectivity index (χ2v) is 21.7. The summed E-state index contributed by atoms with van der Waals surface area (Å²) in [5.74, 6) is -0.879. The summed E-state index contributed by atoms with van der Waals surface area (Å²) in [5.41, 5.74) is 0. The molecule has 0 aliphatic rings. The number of carbonyl (C=O) groups is 3. The first kappa shape index (κ1) is 70.4. The van der Waals surface area contributed by atoms with Gasteiger partial charge in [-0.1, -0.05) is 275 Å². The highest BCUT2D eigenvalue weighted by molar-refractivity contribution is 5.71. The Bertz CT molecular complexity index is 1270. The van der Waals surface area contributed by atoms with Crippen molar-refractivity contribution in [2.24, 2.45) is 0 Å². The second kappa shape index (κ2) is 61.9. The first-order valence-corrected chi connectivity index (χ1v) is 32.1. The molecule has 0 radical (unpaired) electrons. The van der Waals surface area contributed by atoms with Crippen LogP contribution in [-0.2, 0) is 28.6 Å². The van der Waals surface area contributed by atoms with Crippen LogP contribution in [0.25, 0.3) is 0 Å². The van der Waals surface area contributed by atoms with Gasteiger partial charge >= 0.3 is 17.9 Å². The van der Waals surface area contributed by atoms with E-state index in [0.717, 1.165) is 77.0 Å². The average molecular weight is 1020 g/mol. The van der Waals surface area contributed by atoms with Crippen LogP contribution in [0.1, 0.15) is 342 Å². The third-order valence-corrected chi connectivity index (χ3v) is 14.3. The Kier molecular flexibility index (Phi) is 59.7. The fraction of sp³-hybridized carbons (Fsp3) is 0.836. The van der Waals surface area contributed by atoms with Gasteiger partial charge in [-0.2, -0.15) is 0 Å². The van der Waals surface area contributed by atoms with Crippen molar-refractivity contribution in [3.05, 3.63) is 48.6 Å². The zero-order valence-electron chi connectivity index (χ0n) is 48.9. The molecule has 0 aromatic carbocycles. The molecule has 0 saturated heterocycles. The Morgan fingerprint density at radius 3 is 0.808 bits per heavy atom. The van der Waals surface area contributed by atoms with Gasteiger partial charge in [0, 0.05) is 19.3 Å². The number of unbranched alkanes of at least 4 members (excludes halogenated alkanes) is 40. The summed E-state index contributed by atoms with van der Waals surface area (Å²) in [7, 11) is 0. The maximum atomic E-state index is 12.9. The van der Waals surface area contributed by atoms with Gasteiger partial charge in [0.05, 0.1) is 0 Å². The van der Waals surface area contributed by atoms with Crippen LogP contribution in [0.15, 0.2) is 48.6 Å². The lowest BCUT2D eigenvalue weighted by Gasteiger charge is -2.18. The fourth-order valence-corrected chi connectivity index (χ4v) is 9.39. The molecule has 6 nitrogen and oxygen atoms in total. The van der Waals surface area contributed by atoms with Crippen molar-refractivity contribution >= 4 is 17.9 Å². The second-order valence-electron chi connectivity index (χ2n) is 21.7. The van der Waals surface area contributed by atoms with Gasteiger partial charge in [0.15, 0.2) is 6.10 Å².